The normalized spacial score (nSPS) is 13.4. The first kappa shape index (κ1) is 16.1. The van der Waals surface area contributed by atoms with Crippen LogP contribution in [0.4, 0.5) is 0 Å². The summed E-state index contributed by atoms with van der Waals surface area (Å²) in [5.74, 6) is 0.639. The van der Waals surface area contributed by atoms with Gasteiger partial charge in [-0.05, 0) is 30.2 Å². The van der Waals surface area contributed by atoms with Crippen LogP contribution in [-0.2, 0) is 4.79 Å². The maximum Gasteiger partial charge on any atom is 0.227 e. The number of rotatable bonds is 7. The highest BCUT2D eigenvalue weighted by atomic mass is 16.3. The number of carbonyl (C=O) groups excluding carboxylic acids is 1. The molecule has 0 aliphatic carbocycles. The maximum atomic E-state index is 12.6. The van der Waals surface area contributed by atoms with E-state index in [1.807, 2.05) is 61.7 Å². The van der Waals surface area contributed by atoms with Gasteiger partial charge in [-0.3, -0.25) is 9.48 Å². The molecule has 0 bridgehead atoms. The molecule has 3 aromatic rings. The number of benzene rings is 1. The van der Waals surface area contributed by atoms with Crippen molar-refractivity contribution in [2.24, 2.45) is 0 Å². The van der Waals surface area contributed by atoms with E-state index >= 15 is 0 Å². The minimum Gasteiger partial charge on any atom is -0.467 e. The van der Waals surface area contributed by atoms with Crippen LogP contribution in [0.1, 0.15) is 36.6 Å². The number of carbonyl (C=O) groups is 1. The van der Waals surface area contributed by atoms with E-state index in [2.05, 4.69) is 10.4 Å². The average molecular weight is 323 g/mol. The quantitative estimate of drug-likeness (QED) is 0.725. The summed E-state index contributed by atoms with van der Waals surface area (Å²) in [6, 6.07) is 15.3. The van der Waals surface area contributed by atoms with Gasteiger partial charge in [0.1, 0.15) is 11.8 Å². The predicted molar refractivity (Wildman–Crippen MR) is 91.6 cm³/mol. The lowest BCUT2D eigenvalue weighted by atomic mass is 9.95. The van der Waals surface area contributed by atoms with E-state index in [4.69, 9.17) is 4.42 Å². The molecule has 5 heteroatoms. The van der Waals surface area contributed by atoms with E-state index in [9.17, 15) is 4.79 Å². The lowest BCUT2D eigenvalue weighted by Crippen LogP contribution is -2.34. The fourth-order valence-electron chi connectivity index (χ4n) is 2.85. The summed E-state index contributed by atoms with van der Waals surface area (Å²) in [6.45, 7) is 2.45. The average Bonchev–Trinajstić information content (AvgIpc) is 3.31. The number of amides is 1. The third-order valence-corrected chi connectivity index (χ3v) is 4.11. The molecule has 0 saturated heterocycles. The number of nitrogens with zero attached hydrogens (tertiary/aromatic N) is 2. The van der Waals surface area contributed by atoms with Crippen LogP contribution in [0, 0.1) is 0 Å². The Morgan fingerprint density at radius 2 is 2.04 bits per heavy atom. The molecule has 2 aromatic heterocycles. The maximum absolute atomic E-state index is 12.6. The smallest absolute Gasteiger partial charge is 0.227 e. The molecular formula is C19H21N3O2. The summed E-state index contributed by atoms with van der Waals surface area (Å²) in [4.78, 5) is 12.6. The molecule has 1 aromatic carbocycles. The summed E-state index contributed by atoms with van der Waals surface area (Å²) in [7, 11) is 0. The minimum atomic E-state index is -0.160. The summed E-state index contributed by atoms with van der Waals surface area (Å²) >= 11 is 0. The Morgan fingerprint density at radius 3 is 2.67 bits per heavy atom. The fourth-order valence-corrected chi connectivity index (χ4v) is 2.85. The second kappa shape index (κ2) is 7.64. The van der Waals surface area contributed by atoms with Gasteiger partial charge in [0, 0.05) is 18.9 Å². The van der Waals surface area contributed by atoms with Crippen molar-refractivity contribution in [3.05, 3.63) is 78.5 Å². The van der Waals surface area contributed by atoms with Gasteiger partial charge in [-0.1, -0.05) is 37.3 Å². The van der Waals surface area contributed by atoms with Crippen molar-refractivity contribution >= 4 is 5.91 Å². The third-order valence-electron chi connectivity index (χ3n) is 4.11. The van der Waals surface area contributed by atoms with Crippen molar-refractivity contribution in [1.29, 1.82) is 0 Å². The summed E-state index contributed by atoms with van der Waals surface area (Å²) < 4.78 is 7.31. The molecule has 1 amide bonds. The van der Waals surface area contributed by atoms with Crippen LogP contribution in [0.5, 0.6) is 0 Å². The van der Waals surface area contributed by atoms with E-state index in [0.717, 1.165) is 17.7 Å². The van der Waals surface area contributed by atoms with Crippen molar-refractivity contribution in [2.75, 3.05) is 6.54 Å². The Hall–Kier alpha value is -2.82. The van der Waals surface area contributed by atoms with Gasteiger partial charge >= 0.3 is 0 Å². The molecule has 0 fully saturated rings. The number of hydrogen-bond donors (Lipinski definition) is 1. The van der Waals surface area contributed by atoms with Gasteiger partial charge < -0.3 is 9.73 Å². The van der Waals surface area contributed by atoms with Crippen LogP contribution in [0.25, 0.3) is 0 Å². The van der Waals surface area contributed by atoms with E-state index in [0.29, 0.717) is 6.54 Å². The van der Waals surface area contributed by atoms with E-state index < -0.39 is 0 Å². The van der Waals surface area contributed by atoms with Crippen molar-refractivity contribution in [1.82, 2.24) is 15.1 Å². The van der Waals surface area contributed by atoms with Crippen LogP contribution < -0.4 is 5.32 Å². The largest absolute Gasteiger partial charge is 0.467 e. The highest BCUT2D eigenvalue weighted by Gasteiger charge is 2.22. The zero-order valence-corrected chi connectivity index (χ0v) is 13.6. The highest BCUT2D eigenvalue weighted by molar-refractivity contribution is 5.83. The van der Waals surface area contributed by atoms with E-state index in [1.165, 1.54) is 0 Å². The molecule has 5 nitrogen and oxygen atoms in total. The Kier molecular flexibility index (Phi) is 5.11. The van der Waals surface area contributed by atoms with Gasteiger partial charge in [0.2, 0.25) is 5.91 Å². The first-order chi connectivity index (χ1) is 11.8. The molecule has 2 atom stereocenters. The van der Waals surface area contributed by atoms with Gasteiger partial charge in [0.15, 0.2) is 0 Å². The topological polar surface area (TPSA) is 60.1 Å². The van der Waals surface area contributed by atoms with Crippen LogP contribution in [-0.4, -0.2) is 22.2 Å². The van der Waals surface area contributed by atoms with Crippen LogP contribution in [0.3, 0.4) is 0 Å². The molecule has 0 aliphatic heterocycles. The SMILES string of the molecule is CCC(C(=O)NCC(c1ccco1)n1cccn1)c1ccccc1. The number of hydrogen-bond acceptors (Lipinski definition) is 3. The number of aromatic nitrogens is 2. The zero-order valence-electron chi connectivity index (χ0n) is 13.6. The van der Waals surface area contributed by atoms with Gasteiger partial charge in [0.05, 0.1) is 12.2 Å². The second-order valence-electron chi connectivity index (χ2n) is 5.63. The molecule has 0 saturated carbocycles. The standard InChI is InChI=1S/C19H21N3O2/c1-2-16(15-8-4-3-5-9-15)19(23)20-14-17(18-10-6-13-24-18)22-12-7-11-21-22/h3-13,16-17H,2,14H2,1H3,(H,20,23). The molecule has 2 heterocycles. The summed E-state index contributed by atoms with van der Waals surface area (Å²) in [6.07, 6.45) is 5.97. The Balaban J connectivity index is 1.71. The summed E-state index contributed by atoms with van der Waals surface area (Å²) in [5.41, 5.74) is 1.03. The first-order valence-electron chi connectivity index (χ1n) is 8.14. The van der Waals surface area contributed by atoms with Crippen molar-refractivity contribution < 1.29 is 9.21 Å². The van der Waals surface area contributed by atoms with Gasteiger partial charge in [0.25, 0.3) is 0 Å². The van der Waals surface area contributed by atoms with Crippen molar-refractivity contribution in [3.8, 4) is 0 Å². The molecule has 24 heavy (non-hydrogen) atoms. The van der Waals surface area contributed by atoms with Gasteiger partial charge in [-0.2, -0.15) is 5.10 Å². The van der Waals surface area contributed by atoms with Crippen molar-refractivity contribution in [3.63, 3.8) is 0 Å². The van der Waals surface area contributed by atoms with Crippen LogP contribution in [0.15, 0.2) is 71.6 Å². The highest BCUT2D eigenvalue weighted by Crippen LogP contribution is 2.21. The van der Waals surface area contributed by atoms with Gasteiger partial charge in [-0.15, -0.1) is 0 Å². The Morgan fingerprint density at radius 1 is 1.21 bits per heavy atom. The van der Waals surface area contributed by atoms with Crippen LogP contribution >= 0.6 is 0 Å². The lowest BCUT2D eigenvalue weighted by molar-refractivity contribution is -0.122. The molecule has 124 valence electrons. The molecule has 2 unspecified atom stereocenters. The molecule has 0 spiro atoms. The predicted octanol–water partition coefficient (Wildman–Crippen LogP) is 3.38. The number of furan rings is 1. The molecular weight excluding hydrogens is 302 g/mol. The molecule has 0 aliphatic rings. The summed E-state index contributed by atoms with van der Waals surface area (Å²) in [5, 5.41) is 7.33. The zero-order chi connectivity index (χ0) is 16.8. The molecule has 1 N–H and O–H groups in total. The molecule has 0 radical (unpaired) electrons. The minimum absolute atomic E-state index is 0.0208. The monoisotopic (exact) mass is 323 g/mol. The van der Waals surface area contributed by atoms with Gasteiger partial charge in [-0.25, -0.2) is 0 Å². The lowest BCUT2D eigenvalue weighted by Gasteiger charge is -2.19. The molecule has 3 rings (SSSR count). The van der Waals surface area contributed by atoms with Crippen molar-refractivity contribution in [2.45, 2.75) is 25.3 Å². The van der Waals surface area contributed by atoms with E-state index in [1.54, 1.807) is 17.1 Å². The Bertz CT molecular complexity index is 702. The third kappa shape index (κ3) is 3.56. The Labute approximate surface area is 141 Å². The van der Waals surface area contributed by atoms with Crippen LogP contribution in [0.2, 0.25) is 0 Å². The first-order valence-corrected chi connectivity index (χ1v) is 8.14. The number of nitrogens with one attached hydrogen (secondary N) is 1. The fraction of sp³-hybridized carbons (Fsp3) is 0.263. The second-order valence-corrected chi connectivity index (χ2v) is 5.63. The van der Waals surface area contributed by atoms with E-state index in [-0.39, 0.29) is 17.9 Å².